The molecule has 11 heteroatoms. The smallest absolute Gasteiger partial charge is 0.417 e. The Morgan fingerprint density at radius 2 is 1.87 bits per heavy atom. The van der Waals surface area contributed by atoms with Crippen LogP contribution < -0.4 is 5.63 Å². The molecule has 1 aliphatic rings. The minimum atomic E-state index is -5.24. The number of rotatable bonds is 2. The van der Waals surface area contributed by atoms with E-state index >= 15 is 0 Å². The lowest BCUT2D eigenvalue weighted by Gasteiger charge is -2.24. The Kier molecular flexibility index (Phi) is 5.94. The van der Waals surface area contributed by atoms with Crippen LogP contribution in [0.4, 0.5) is 26.3 Å². The lowest BCUT2D eigenvalue weighted by molar-refractivity contribution is -0.162. The van der Waals surface area contributed by atoms with Gasteiger partial charge in [0, 0.05) is 30.0 Å². The average Bonchev–Trinajstić information content (AvgIpc) is 2.85. The van der Waals surface area contributed by atoms with Crippen molar-refractivity contribution in [3.63, 3.8) is 0 Å². The first kappa shape index (κ1) is 22.3. The third-order valence-electron chi connectivity index (χ3n) is 4.47. The highest BCUT2D eigenvalue weighted by molar-refractivity contribution is 7.99. The summed E-state index contributed by atoms with van der Waals surface area (Å²) < 4.78 is 85.7. The summed E-state index contributed by atoms with van der Waals surface area (Å²) in [6.45, 7) is 1.54. The van der Waals surface area contributed by atoms with Gasteiger partial charge < -0.3 is 9.52 Å². The number of alkyl halides is 6. The molecule has 4 nitrogen and oxygen atoms in total. The van der Waals surface area contributed by atoms with Gasteiger partial charge in [-0.15, -0.1) is 0 Å². The van der Waals surface area contributed by atoms with Crippen LogP contribution in [-0.2, 0) is 12.4 Å². The van der Waals surface area contributed by atoms with E-state index in [-0.39, 0.29) is 35.8 Å². The Hall–Kier alpha value is -2.43. The number of nitrogens with zero attached hydrogens (tertiary/aromatic N) is 1. The van der Waals surface area contributed by atoms with Crippen molar-refractivity contribution >= 4 is 17.5 Å². The van der Waals surface area contributed by atoms with Crippen molar-refractivity contribution in [2.75, 3.05) is 12.3 Å². The largest absolute Gasteiger partial charge is 0.507 e. The quantitative estimate of drug-likeness (QED) is 0.625. The third-order valence-corrected chi connectivity index (χ3v) is 5.71. The molecule has 0 fully saturated rings. The van der Waals surface area contributed by atoms with E-state index in [4.69, 9.17) is 4.42 Å². The number of aryl methyl sites for hydroxylation is 1. The molecule has 1 unspecified atom stereocenters. The number of aromatic hydroxyl groups is 1. The van der Waals surface area contributed by atoms with Gasteiger partial charge in [0.1, 0.15) is 17.1 Å². The van der Waals surface area contributed by atoms with E-state index in [2.05, 4.69) is 4.99 Å². The van der Waals surface area contributed by atoms with Crippen LogP contribution in [0.15, 0.2) is 38.5 Å². The van der Waals surface area contributed by atoms with Gasteiger partial charge in [0.05, 0.1) is 16.8 Å². The molecule has 0 aliphatic carbocycles. The number of benzene rings is 1. The Morgan fingerprint density at radius 3 is 2.47 bits per heavy atom. The molecule has 0 bridgehead atoms. The maximum atomic E-state index is 13.6. The van der Waals surface area contributed by atoms with Crippen LogP contribution in [-0.4, -0.2) is 23.1 Å². The maximum absolute atomic E-state index is 13.6. The molecule has 0 amide bonds. The summed E-state index contributed by atoms with van der Waals surface area (Å²) in [5.74, 6) is -0.105. The fourth-order valence-electron chi connectivity index (χ4n) is 3.31. The van der Waals surface area contributed by atoms with Crippen molar-refractivity contribution in [2.45, 2.75) is 30.9 Å². The zero-order valence-corrected chi connectivity index (χ0v) is 16.2. The molecule has 162 valence electrons. The summed E-state index contributed by atoms with van der Waals surface area (Å²) in [4.78, 5) is 16.3. The summed E-state index contributed by atoms with van der Waals surface area (Å²) in [7, 11) is 0. The van der Waals surface area contributed by atoms with E-state index < -0.39 is 45.7 Å². The van der Waals surface area contributed by atoms with Gasteiger partial charge in [-0.1, -0.05) is 12.1 Å². The minimum Gasteiger partial charge on any atom is -0.507 e. The van der Waals surface area contributed by atoms with Crippen molar-refractivity contribution in [3.05, 3.63) is 62.7 Å². The molecule has 30 heavy (non-hydrogen) atoms. The predicted octanol–water partition coefficient (Wildman–Crippen LogP) is 5.36. The summed E-state index contributed by atoms with van der Waals surface area (Å²) >= 11 is 1.00. The van der Waals surface area contributed by atoms with Crippen molar-refractivity contribution in [2.24, 2.45) is 4.99 Å². The summed E-state index contributed by atoms with van der Waals surface area (Å²) in [5, 5.41) is 9.07. The van der Waals surface area contributed by atoms with Gasteiger partial charge in [-0.2, -0.15) is 38.1 Å². The highest BCUT2D eigenvalue weighted by Gasteiger charge is 2.45. The monoisotopic (exact) mass is 451 g/mol. The first-order chi connectivity index (χ1) is 13.9. The molecule has 0 radical (unpaired) electrons. The first-order valence-electron chi connectivity index (χ1n) is 8.66. The van der Waals surface area contributed by atoms with Gasteiger partial charge in [0.2, 0.25) is 0 Å². The molecule has 2 heterocycles. The average molecular weight is 451 g/mol. The molecule has 1 atom stereocenters. The normalized spacial score (nSPS) is 18.1. The lowest BCUT2D eigenvalue weighted by Crippen LogP contribution is -2.21. The number of hydrogen-bond donors (Lipinski definition) is 1. The number of aliphatic imine (C=N–C) groups is 1. The van der Waals surface area contributed by atoms with Crippen LogP contribution in [0, 0.1) is 6.92 Å². The van der Waals surface area contributed by atoms with Gasteiger partial charge in [0.15, 0.2) is 0 Å². The second-order valence-electron chi connectivity index (χ2n) is 6.56. The number of hydrogen-bond acceptors (Lipinski definition) is 5. The Morgan fingerprint density at radius 1 is 1.17 bits per heavy atom. The van der Waals surface area contributed by atoms with Crippen LogP contribution in [0.25, 0.3) is 0 Å². The fourth-order valence-corrected chi connectivity index (χ4v) is 4.44. The number of thioether (sulfide) groups is 1. The molecule has 1 N–H and O–H groups in total. The van der Waals surface area contributed by atoms with E-state index in [9.17, 15) is 36.2 Å². The molecule has 2 aromatic rings. The van der Waals surface area contributed by atoms with Crippen LogP contribution >= 0.6 is 11.8 Å². The van der Waals surface area contributed by atoms with Crippen LogP contribution in [0.1, 0.15) is 39.7 Å². The molecular formula is C19H15F6NO3S. The molecule has 0 saturated heterocycles. The van der Waals surface area contributed by atoms with E-state index in [0.29, 0.717) is 6.07 Å². The summed E-state index contributed by atoms with van der Waals surface area (Å²) in [5.41, 5.74) is -5.30. The Balaban J connectivity index is 2.12. The van der Waals surface area contributed by atoms with Crippen molar-refractivity contribution in [1.29, 1.82) is 0 Å². The third kappa shape index (κ3) is 4.50. The second kappa shape index (κ2) is 8.01. The molecule has 1 aliphatic heterocycles. The van der Waals surface area contributed by atoms with E-state index in [1.807, 2.05) is 0 Å². The van der Waals surface area contributed by atoms with Crippen molar-refractivity contribution in [1.82, 2.24) is 0 Å². The van der Waals surface area contributed by atoms with Crippen molar-refractivity contribution < 1.29 is 35.9 Å². The molecular weight excluding hydrogens is 436 g/mol. The van der Waals surface area contributed by atoms with Gasteiger partial charge in [-0.25, -0.2) is 4.79 Å². The highest BCUT2D eigenvalue weighted by atomic mass is 32.2. The van der Waals surface area contributed by atoms with Crippen molar-refractivity contribution in [3.8, 4) is 5.75 Å². The molecule has 0 spiro atoms. The minimum absolute atomic E-state index is 0.0122. The first-order valence-corrected chi connectivity index (χ1v) is 9.70. The predicted molar refractivity (Wildman–Crippen MR) is 99.0 cm³/mol. The fraction of sp³-hybridized carbons (Fsp3) is 0.368. The maximum Gasteiger partial charge on any atom is 0.417 e. The zero-order chi connectivity index (χ0) is 22.3. The van der Waals surface area contributed by atoms with Gasteiger partial charge in [-0.3, -0.25) is 4.99 Å². The van der Waals surface area contributed by atoms with E-state index in [1.165, 1.54) is 6.92 Å². The SMILES string of the molecule is Cc1cc(O)c(C2=NCCSC(c3cccc(C(F)(F)F)c3C(F)(F)F)C2)c(=O)o1. The van der Waals surface area contributed by atoms with Gasteiger partial charge >= 0.3 is 18.0 Å². The molecule has 3 rings (SSSR count). The standard InChI is InChI=1S/C19H15F6NO3S/c1-9-7-13(27)15(17(28)29-9)12-8-14(30-6-5-26-12)10-3-2-4-11(18(20,21)22)16(10)19(23,24)25/h2-4,7,14,27H,5-6,8H2,1H3. The molecule has 1 aromatic heterocycles. The van der Waals surface area contributed by atoms with Crippen LogP contribution in [0.3, 0.4) is 0 Å². The zero-order valence-electron chi connectivity index (χ0n) is 15.4. The lowest BCUT2D eigenvalue weighted by atomic mass is 9.94. The van der Waals surface area contributed by atoms with Gasteiger partial charge in [-0.05, 0) is 18.6 Å². The molecule has 0 saturated carbocycles. The van der Waals surface area contributed by atoms with E-state index in [0.717, 1.165) is 30.0 Å². The van der Waals surface area contributed by atoms with E-state index in [1.54, 1.807) is 0 Å². The summed E-state index contributed by atoms with van der Waals surface area (Å²) in [6.07, 6.45) is -10.7. The van der Waals surface area contributed by atoms with Crippen LogP contribution in [0.2, 0.25) is 0 Å². The number of halogens is 6. The Labute approximate surface area is 170 Å². The van der Waals surface area contributed by atoms with Crippen LogP contribution in [0.5, 0.6) is 5.75 Å². The summed E-state index contributed by atoms with van der Waals surface area (Å²) in [6, 6.07) is 3.48. The molecule has 1 aromatic carbocycles. The highest BCUT2D eigenvalue weighted by Crippen LogP contribution is 2.47. The van der Waals surface area contributed by atoms with Gasteiger partial charge in [0.25, 0.3) is 0 Å². The topological polar surface area (TPSA) is 62.8 Å². The Bertz CT molecular complexity index is 1040. The second-order valence-corrected chi connectivity index (χ2v) is 7.87.